The molecular formula is C39H68ClN. The number of rotatable bonds is 3. The summed E-state index contributed by atoms with van der Waals surface area (Å²) in [5, 5.41) is 0.773. The number of hydrogen-bond donors (Lipinski definition) is 0. The zero-order valence-corrected chi connectivity index (χ0v) is 30.1. The Labute approximate surface area is 263 Å². The van der Waals surface area contributed by atoms with Crippen LogP contribution in [-0.4, -0.2) is 25.0 Å². The fraction of sp³-hybridized carbons (Fsp3) is 0.590. The van der Waals surface area contributed by atoms with Gasteiger partial charge in [-0.05, 0) is 101 Å². The fourth-order valence-electron chi connectivity index (χ4n) is 4.74. The van der Waals surface area contributed by atoms with Crippen LogP contribution in [0.1, 0.15) is 123 Å². The van der Waals surface area contributed by atoms with E-state index in [0.717, 1.165) is 22.4 Å². The van der Waals surface area contributed by atoms with Crippen LogP contribution in [0.4, 0.5) is 0 Å². The van der Waals surface area contributed by atoms with Crippen LogP contribution in [0, 0.1) is 25.7 Å². The van der Waals surface area contributed by atoms with Crippen LogP contribution >= 0.6 is 11.6 Å². The molecule has 1 nitrogen and oxygen atoms in total. The van der Waals surface area contributed by atoms with Gasteiger partial charge in [-0.3, -0.25) is 0 Å². The Bertz CT molecular complexity index is 881. The third kappa shape index (κ3) is 22.4. The van der Waals surface area contributed by atoms with E-state index in [0.29, 0.717) is 0 Å². The second kappa shape index (κ2) is 29.7. The van der Waals surface area contributed by atoms with Crippen molar-refractivity contribution in [3.05, 3.63) is 88.5 Å². The molecule has 2 aliphatic rings. The third-order valence-electron chi connectivity index (χ3n) is 6.65. The lowest BCUT2D eigenvalue weighted by molar-refractivity contribution is 0.105. The molecule has 1 saturated heterocycles. The molecule has 0 N–H and O–H groups in total. The van der Waals surface area contributed by atoms with Gasteiger partial charge in [0, 0.05) is 11.6 Å². The molecule has 2 atom stereocenters. The van der Waals surface area contributed by atoms with Crippen molar-refractivity contribution in [1.82, 2.24) is 4.90 Å². The fourth-order valence-corrected chi connectivity index (χ4v) is 5.05. The summed E-state index contributed by atoms with van der Waals surface area (Å²) in [6.45, 7) is 32.3. The van der Waals surface area contributed by atoms with Gasteiger partial charge in [-0.25, -0.2) is 0 Å². The summed E-state index contributed by atoms with van der Waals surface area (Å²) in [4.78, 5) is 2.51. The lowest BCUT2D eigenvalue weighted by atomic mass is 9.75. The summed E-state index contributed by atoms with van der Waals surface area (Å²) in [6, 6.07) is 14.5. The molecule has 0 bridgehead atoms. The maximum absolute atomic E-state index is 5.86. The van der Waals surface area contributed by atoms with Gasteiger partial charge in [0.2, 0.25) is 0 Å². The van der Waals surface area contributed by atoms with Crippen molar-refractivity contribution in [2.24, 2.45) is 11.8 Å². The second-order valence-corrected chi connectivity index (χ2v) is 10.9. The SMILES string of the molecule is C=C(C)C.C=Cc1ccc(C)cc1Cl.CC.CC.CC.CCCc1ccccc1C.CN1CCC2CCCCC2C1. The molecule has 1 aliphatic heterocycles. The molecule has 2 unspecified atom stereocenters. The molecule has 1 heterocycles. The Morgan fingerprint density at radius 2 is 1.44 bits per heavy atom. The minimum absolute atomic E-state index is 0.773. The van der Waals surface area contributed by atoms with Crippen molar-refractivity contribution >= 4 is 17.7 Å². The molecule has 0 spiro atoms. The molecule has 0 radical (unpaired) electrons. The minimum atomic E-state index is 0.773. The smallest absolute Gasteiger partial charge is 0.0480 e. The monoisotopic (exact) mass is 586 g/mol. The number of benzene rings is 2. The lowest BCUT2D eigenvalue weighted by Crippen LogP contribution is -2.39. The quantitative estimate of drug-likeness (QED) is 0.324. The first kappa shape index (κ1) is 43.6. The Hall–Kier alpha value is -1.83. The Morgan fingerprint density at radius 3 is 1.93 bits per heavy atom. The zero-order chi connectivity index (χ0) is 32.2. The molecule has 4 rings (SSSR count). The number of likely N-dealkylation sites (tertiary alicyclic amines) is 1. The topological polar surface area (TPSA) is 3.24 Å². The highest BCUT2D eigenvalue weighted by Crippen LogP contribution is 2.35. The Kier molecular flexibility index (Phi) is 31.6. The van der Waals surface area contributed by atoms with Gasteiger partial charge in [0.05, 0.1) is 0 Å². The predicted octanol–water partition coefficient (Wildman–Crippen LogP) is 13.0. The van der Waals surface area contributed by atoms with Crippen molar-refractivity contribution in [2.75, 3.05) is 20.1 Å². The first-order valence-corrected chi connectivity index (χ1v) is 16.8. The number of halogens is 1. The van der Waals surface area contributed by atoms with Crippen molar-refractivity contribution < 1.29 is 0 Å². The van der Waals surface area contributed by atoms with Crippen molar-refractivity contribution in [3.8, 4) is 0 Å². The highest BCUT2D eigenvalue weighted by molar-refractivity contribution is 6.32. The molecule has 1 aliphatic carbocycles. The maximum Gasteiger partial charge on any atom is 0.0480 e. The summed E-state index contributed by atoms with van der Waals surface area (Å²) in [5.74, 6) is 2.16. The molecular weight excluding hydrogens is 518 g/mol. The van der Waals surface area contributed by atoms with Gasteiger partial charge < -0.3 is 4.90 Å². The average molecular weight is 586 g/mol. The van der Waals surface area contributed by atoms with Crippen molar-refractivity contribution in [3.63, 3.8) is 0 Å². The first-order valence-electron chi connectivity index (χ1n) is 16.4. The van der Waals surface area contributed by atoms with E-state index >= 15 is 0 Å². The summed E-state index contributed by atoms with van der Waals surface area (Å²) in [6.07, 6.45) is 11.7. The number of fused-ring (bicyclic) bond motifs is 1. The van der Waals surface area contributed by atoms with E-state index in [1.54, 1.807) is 6.08 Å². The average Bonchev–Trinajstić information content (AvgIpc) is 2.98. The lowest BCUT2D eigenvalue weighted by Gasteiger charge is -2.39. The largest absolute Gasteiger partial charge is 0.306 e. The molecule has 0 aromatic heterocycles. The van der Waals surface area contributed by atoms with Crippen LogP contribution < -0.4 is 0 Å². The Balaban J connectivity index is -0.000000457. The van der Waals surface area contributed by atoms with E-state index in [4.69, 9.17) is 11.6 Å². The van der Waals surface area contributed by atoms with Gasteiger partial charge in [0.15, 0.2) is 0 Å². The summed E-state index contributed by atoms with van der Waals surface area (Å²) in [7, 11) is 2.27. The zero-order valence-electron chi connectivity index (χ0n) is 29.4. The standard InChI is InChI=1S/C10H19N.C10H14.C9H9Cl.C4H8.3C2H6/c1-11-7-6-9-4-2-3-5-10(9)8-11;1-3-6-10-8-5-4-7-9(10)2;1-3-8-5-4-7(2)6-9(8)10;1-4(2)3;3*1-2/h9-10H,2-8H2,1H3;4-5,7-8H,3,6H2,1-2H3;3-6H,1H2,2H3;1H2,2-3H3;3*1-2H3. The van der Waals surface area contributed by atoms with Gasteiger partial charge >= 0.3 is 0 Å². The molecule has 2 fully saturated rings. The summed E-state index contributed by atoms with van der Waals surface area (Å²) >= 11 is 5.86. The second-order valence-electron chi connectivity index (χ2n) is 10.5. The van der Waals surface area contributed by atoms with E-state index in [1.807, 2.05) is 80.5 Å². The van der Waals surface area contributed by atoms with Crippen LogP contribution in [0.25, 0.3) is 6.08 Å². The first-order chi connectivity index (χ1) is 19.7. The molecule has 2 heteroatoms. The number of nitrogens with zero attached hydrogens (tertiary/aromatic N) is 1. The van der Waals surface area contributed by atoms with Crippen LogP contribution in [0.3, 0.4) is 0 Å². The molecule has 1 saturated carbocycles. The summed E-state index contributed by atoms with van der Waals surface area (Å²) in [5.41, 5.74) is 6.25. The van der Waals surface area contributed by atoms with Gasteiger partial charge in [-0.15, -0.1) is 6.58 Å². The van der Waals surface area contributed by atoms with Crippen LogP contribution in [0.2, 0.25) is 5.02 Å². The van der Waals surface area contributed by atoms with Crippen molar-refractivity contribution in [1.29, 1.82) is 0 Å². The van der Waals surface area contributed by atoms with Crippen LogP contribution in [0.5, 0.6) is 0 Å². The number of allylic oxidation sites excluding steroid dienone is 1. The van der Waals surface area contributed by atoms with E-state index in [9.17, 15) is 0 Å². The van der Waals surface area contributed by atoms with Crippen LogP contribution in [0.15, 0.2) is 61.2 Å². The highest BCUT2D eigenvalue weighted by Gasteiger charge is 2.29. The molecule has 2 aromatic carbocycles. The molecule has 236 valence electrons. The van der Waals surface area contributed by atoms with E-state index < -0.39 is 0 Å². The predicted molar refractivity (Wildman–Crippen MR) is 194 cm³/mol. The van der Waals surface area contributed by atoms with Gasteiger partial charge in [-0.2, -0.15) is 0 Å². The molecule has 2 aromatic rings. The summed E-state index contributed by atoms with van der Waals surface area (Å²) < 4.78 is 0. The molecule has 0 amide bonds. The van der Waals surface area contributed by atoms with E-state index in [-0.39, 0.29) is 0 Å². The Morgan fingerprint density at radius 1 is 0.902 bits per heavy atom. The normalized spacial score (nSPS) is 16.5. The van der Waals surface area contributed by atoms with Gasteiger partial charge in [0.1, 0.15) is 0 Å². The van der Waals surface area contributed by atoms with Crippen LogP contribution in [-0.2, 0) is 6.42 Å². The van der Waals surface area contributed by atoms with Gasteiger partial charge in [-0.1, -0.05) is 140 Å². The maximum atomic E-state index is 5.86. The molecule has 41 heavy (non-hydrogen) atoms. The third-order valence-corrected chi connectivity index (χ3v) is 6.98. The van der Waals surface area contributed by atoms with Crippen molar-refractivity contribution in [2.45, 2.75) is 121 Å². The van der Waals surface area contributed by atoms with Gasteiger partial charge in [0.25, 0.3) is 0 Å². The number of hydrogen-bond acceptors (Lipinski definition) is 1. The van der Waals surface area contributed by atoms with E-state index in [2.05, 4.69) is 63.2 Å². The van der Waals surface area contributed by atoms with E-state index in [1.165, 1.54) is 80.3 Å². The number of aryl methyl sites for hydroxylation is 3. The highest BCUT2D eigenvalue weighted by atomic mass is 35.5. The minimum Gasteiger partial charge on any atom is -0.306 e. The number of piperidine rings is 1.